The molecule has 30 heavy (non-hydrogen) atoms. The van der Waals surface area contributed by atoms with E-state index in [-0.39, 0.29) is 12.6 Å². The summed E-state index contributed by atoms with van der Waals surface area (Å²) in [5.74, 6) is 0.560. The molecule has 0 amide bonds. The van der Waals surface area contributed by atoms with Gasteiger partial charge in [0.25, 0.3) is 0 Å². The first-order chi connectivity index (χ1) is 14.7. The fraction of sp³-hybridized carbons (Fsp3) is 0.962. The summed E-state index contributed by atoms with van der Waals surface area (Å²) in [6, 6.07) is 0. The first-order valence-corrected chi connectivity index (χ1v) is 13.2. The van der Waals surface area contributed by atoms with Crippen LogP contribution in [0.5, 0.6) is 0 Å². The second-order valence-corrected chi connectivity index (χ2v) is 8.95. The maximum Gasteiger partial charge on any atom is 0.305 e. The molecular weight excluding hydrogens is 374 g/mol. The van der Waals surface area contributed by atoms with E-state index in [0.29, 0.717) is 25.5 Å². The molecule has 0 fully saturated rings. The standard InChI is InChI=1S/C26H53NO3/c1-3-5-7-9-11-15-19-25(18-14-8-6-4-2)24-30-26(29)20-16-12-10-13-17-21-27-22-23-28/h25,27-28H,3-24H2,1-2H3. The van der Waals surface area contributed by atoms with Crippen LogP contribution < -0.4 is 5.32 Å². The number of nitrogens with one attached hydrogen (secondary N) is 1. The van der Waals surface area contributed by atoms with Gasteiger partial charge in [-0.05, 0) is 38.1 Å². The number of rotatable bonds is 24. The molecule has 0 aliphatic rings. The van der Waals surface area contributed by atoms with Gasteiger partial charge in [-0.3, -0.25) is 4.79 Å². The van der Waals surface area contributed by atoms with Crippen molar-refractivity contribution in [2.24, 2.45) is 5.92 Å². The van der Waals surface area contributed by atoms with Crippen LogP contribution >= 0.6 is 0 Å². The molecule has 0 aromatic rings. The smallest absolute Gasteiger partial charge is 0.305 e. The molecule has 0 aromatic heterocycles. The molecular formula is C26H53NO3. The predicted molar refractivity (Wildman–Crippen MR) is 129 cm³/mol. The molecule has 1 unspecified atom stereocenters. The summed E-state index contributed by atoms with van der Waals surface area (Å²) in [4.78, 5) is 12.1. The van der Waals surface area contributed by atoms with Gasteiger partial charge in [-0.25, -0.2) is 0 Å². The first kappa shape index (κ1) is 29.4. The highest BCUT2D eigenvalue weighted by atomic mass is 16.5. The fourth-order valence-electron chi connectivity index (χ4n) is 3.92. The lowest BCUT2D eigenvalue weighted by Gasteiger charge is -2.17. The highest BCUT2D eigenvalue weighted by molar-refractivity contribution is 5.69. The number of ether oxygens (including phenoxy) is 1. The number of unbranched alkanes of at least 4 members (excludes halogenated alkanes) is 12. The molecule has 0 aromatic carbocycles. The summed E-state index contributed by atoms with van der Waals surface area (Å²) < 4.78 is 5.66. The van der Waals surface area contributed by atoms with Crippen LogP contribution in [0, 0.1) is 5.92 Å². The number of hydrogen-bond donors (Lipinski definition) is 2. The van der Waals surface area contributed by atoms with Crippen LogP contribution in [0.2, 0.25) is 0 Å². The van der Waals surface area contributed by atoms with E-state index in [0.717, 1.165) is 25.8 Å². The Morgan fingerprint density at radius 3 is 1.90 bits per heavy atom. The number of carbonyl (C=O) groups is 1. The normalized spacial score (nSPS) is 12.2. The van der Waals surface area contributed by atoms with E-state index in [2.05, 4.69) is 19.2 Å². The Morgan fingerprint density at radius 2 is 1.27 bits per heavy atom. The van der Waals surface area contributed by atoms with Gasteiger partial charge >= 0.3 is 5.97 Å². The van der Waals surface area contributed by atoms with Crippen LogP contribution in [0.1, 0.15) is 129 Å². The van der Waals surface area contributed by atoms with Crippen molar-refractivity contribution in [2.75, 3.05) is 26.3 Å². The first-order valence-electron chi connectivity index (χ1n) is 13.2. The van der Waals surface area contributed by atoms with E-state index >= 15 is 0 Å². The Hall–Kier alpha value is -0.610. The average Bonchev–Trinajstić information content (AvgIpc) is 2.75. The summed E-state index contributed by atoms with van der Waals surface area (Å²) in [5, 5.41) is 11.9. The zero-order valence-corrected chi connectivity index (χ0v) is 20.4. The summed E-state index contributed by atoms with van der Waals surface area (Å²) in [6.45, 7) is 7.02. The van der Waals surface area contributed by atoms with Crippen molar-refractivity contribution < 1.29 is 14.6 Å². The minimum absolute atomic E-state index is 0.00103. The summed E-state index contributed by atoms with van der Waals surface area (Å²) in [7, 11) is 0. The van der Waals surface area contributed by atoms with Crippen LogP contribution in [0.4, 0.5) is 0 Å². The Labute approximate surface area is 187 Å². The van der Waals surface area contributed by atoms with E-state index in [4.69, 9.17) is 9.84 Å². The Kier molecular flexibility index (Phi) is 24.2. The van der Waals surface area contributed by atoms with Crippen molar-refractivity contribution in [3.63, 3.8) is 0 Å². The highest BCUT2D eigenvalue weighted by Gasteiger charge is 2.12. The second-order valence-electron chi connectivity index (χ2n) is 8.95. The Bertz CT molecular complexity index is 349. The predicted octanol–water partition coefficient (Wildman–Crippen LogP) is 6.79. The molecule has 1 atom stereocenters. The molecule has 0 heterocycles. The number of aliphatic hydroxyl groups excluding tert-OH is 1. The van der Waals surface area contributed by atoms with Crippen LogP contribution in [-0.4, -0.2) is 37.4 Å². The quantitative estimate of drug-likeness (QED) is 0.131. The SMILES string of the molecule is CCCCCCCCC(CCCCCC)COC(=O)CCCCCCCNCCO. The Balaban J connectivity index is 3.82. The number of hydrogen-bond acceptors (Lipinski definition) is 4. The van der Waals surface area contributed by atoms with Crippen molar-refractivity contribution in [2.45, 2.75) is 129 Å². The molecule has 0 aliphatic carbocycles. The van der Waals surface area contributed by atoms with Gasteiger partial charge < -0.3 is 15.2 Å². The monoisotopic (exact) mass is 427 g/mol. The third-order valence-corrected chi connectivity index (χ3v) is 5.93. The third-order valence-electron chi connectivity index (χ3n) is 5.93. The molecule has 2 N–H and O–H groups in total. The van der Waals surface area contributed by atoms with Crippen LogP contribution in [0.25, 0.3) is 0 Å². The topological polar surface area (TPSA) is 58.6 Å². The minimum atomic E-state index is 0.00103. The number of esters is 1. The molecule has 4 nitrogen and oxygen atoms in total. The molecule has 0 radical (unpaired) electrons. The maximum absolute atomic E-state index is 12.1. The van der Waals surface area contributed by atoms with Gasteiger partial charge in [0.05, 0.1) is 13.2 Å². The molecule has 0 rings (SSSR count). The van der Waals surface area contributed by atoms with Crippen molar-refractivity contribution in [1.29, 1.82) is 0 Å². The summed E-state index contributed by atoms with van der Waals surface area (Å²) in [5.41, 5.74) is 0. The van der Waals surface area contributed by atoms with E-state index in [9.17, 15) is 4.79 Å². The minimum Gasteiger partial charge on any atom is -0.465 e. The maximum atomic E-state index is 12.1. The van der Waals surface area contributed by atoms with Gasteiger partial charge in [-0.1, -0.05) is 97.3 Å². The molecule has 0 saturated heterocycles. The summed E-state index contributed by atoms with van der Waals surface area (Å²) in [6.07, 6.45) is 21.7. The largest absolute Gasteiger partial charge is 0.465 e. The fourth-order valence-corrected chi connectivity index (χ4v) is 3.92. The lowest BCUT2D eigenvalue weighted by molar-refractivity contribution is -0.145. The van der Waals surface area contributed by atoms with Crippen molar-refractivity contribution >= 4 is 5.97 Å². The van der Waals surface area contributed by atoms with Crippen LogP contribution in [0.3, 0.4) is 0 Å². The van der Waals surface area contributed by atoms with Gasteiger partial charge in [-0.2, -0.15) is 0 Å². The van der Waals surface area contributed by atoms with Gasteiger partial charge in [-0.15, -0.1) is 0 Å². The van der Waals surface area contributed by atoms with Crippen molar-refractivity contribution in [3.05, 3.63) is 0 Å². The molecule has 0 bridgehead atoms. The molecule has 4 heteroatoms. The highest BCUT2D eigenvalue weighted by Crippen LogP contribution is 2.20. The van der Waals surface area contributed by atoms with Gasteiger partial charge in [0.2, 0.25) is 0 Å². The molecule has 0 spiro atoms. The van der Waals surface area contributed by atoms with E-state index in [1.807, 2.05) is 0 Å². The molecule has 0 aliphatic heterocycles. The van der Waals surface area contributed by atoms with Crippen molar-refractivity contribution in [1.82, 2.24) is 5.32 Å². The lowest BCUT2D eigenvalue weighted by atomic mass is 9.95. The van der Waals surface area contributed by atoms with E-state index in [1.54, 1.807) is 0 Å². The summed E-state index contributed by atoms with van der Waals surface area (Å²) >= 11 is 0. The van der Waals surface area contributed by atoms with Crippen LogP contribution in [-0.2, 0) is 9.53 Å². The van der Waals surface area contributed by atoms with Crippen LogP contribution in [0.15, 0.2) is 0 Å². The molecule has 0 saturated carbocycles. The number of aliphatic hydroxyl groups is 1. The van der Waals surface area contributed by atoms with Gasteiger partial charge in [0.1, 0.15) is 0 Å². The van der Waals surface area contributed by atoms with E-state index < -0.39 is 0 Å². The lowest BCUT2D eigenvalue weighted by Crippen LogP contribution is -2.19. The third kappa shape index (κ3) is 22.1. The Morgan fingerprint density at radius 1 is 0.733 bits per heavy atom. The van der Waals surface area contributed by atoms with Gasteiger partial charge in [0.15, 0.2) is 0 Å². The van der Waals surface area contributed by atoms with E-state index in [1.165, 1.54) is 89.9 Å². The average molecular weight is 428 g/mol. The zero-order valence-electron chi connectivity index (χ0n) is 20.4. The molecule has 180 valence electrons. The number of carbonyl (C=O) groups excluding carboxylic acids is 1. The second kappa shape index (κ2) is 24.7. The van der Waals surface area contributed by atoms with Crippen molar-refractivity contribution in [3.8, 4) is 0 Å². The van der Waals surface area contributed by atoms with Gasteiger partial charge in [0, 0.05) is 13.0 Å². The zero-order chi connectivity index (χ0) is 22.1.